The van der Waals surface area contributed by atoms with Crippen LogP contribution in [0.2, 0.25) is 5.02 Å². The predicted molar refractivity (Wildman–Crippen MR) is 136 cm³/mol. The molecule has 3 aromatic carbocycles. The monoisotopic (exact) mass is 577 g/mol. The Morgan fingerprint density at radius 3 is 2.50 bits per heavy atom. The molecule has 2 amide bonds. The molecule has 0 bridgehead atoms. The van der Waals surface area contributed by atoms with Crippen LogP contribution in [-0.4, -0.2) is 24.5 Å². The summed E-state index contributed by atoms with van der Waals surface area (Å²) >= 11 is 10.1. The predicted octanol–water partition coefficient (Wildman–Crippen LogP) is 6.42. The third-order valence-electron chi connectivity index (χ3n) is 4.87. The second kappa shape index (κ2) is 9.95. The Labute approximate surface area is 214 Å². The van der Waals surface area contributed by atoms with Gasteiger partial charge in [0.1, 0.15) is 10.6 Å². The number of aryl methyl sites for hydroxylation is 1. The van der Waals surface area contributed by atoms with Crippen LogP contribution in [0.15, 0.2) is 81.0 Å². The molecule has 1 saturated heterocycles. The summed E-state index contributed by atoms with van der Waals surface area (Å²) in [6, 6.07) is 17.9. The Morgan fingerprint density at radius 2 is 1.79 bits per heavy atom. The average Bonchev–Trinajstić information content (AvgIpc) is 3.03. The van der Waals surface area contributed by atoms with E-state index in [0.29, 0.717) is 20.6 Å². The highest BCUT2D eigenvalue weighted by Gasteiger charge is 2.35. The lowest BCUT2D eigenvalue weighted by molar-refractivity contribution is -0.123. The fourth-order valence-corrected chi connectivity index (χ4v) is 5.55. The number of carbonyl (C=O) groups excluding carboxylic acids is 2. The molecule has 0 unspecified atom stereocenters. The maximum atomic E-state index is 13.0. The fraction of sp³-hybridized carbons (Fsp3) is 0.0833. The van der Waals surface area contributed by atoms with Crippen molar-refractivity contribution in [1.82, 2.24) is 4.90 Å². The number of imide groups is 1. The van der Waals surface area contributed by atoms with Crippen LogP contribution in [0.25, 0.3) is 6.08 Å². The number of carbonyl (C=O) groups is 2. The first-order valence-electron chi connectivity index (χ1n) is 9.93. The summed E-state index contributed by atoms with van der Waals surface area (Å²) in [6.45, 7) is 1.93. The molecule has 0 N–H and O–H groups in total. The molecule has 0 aromatic heterocycles. The van der Waals surface area contributed by atoms with Crippen molar-refractivity contribution in [3.63, 3.8) is 0 Å². The second-order valence-electron chi connectivity index (χ2n) is 7.43. The van der Waals surface area contributed by atoms with Crippen molar-refractivity contribution in [2.24, 2.45) is 0 Å². The number of thioether (sulfide) groups is 1. The zero-order valence-electron chi connectivity index (χ0n) is 17.7. The molecule has 0 saturated carbocycles. The molecule has 0 spiro atoms. The zero-order valence-corrected chi connectivity index (χ0v) is 21.7. The number of rotatable bonds is 6. The van der Waals surface area contributed by atoms with Gasteiger partial charge in [0.25, 0.3) is 11.1 Å². The molecular weight excluding hydrogens is 562 g/mol. The van der Waals surface area contributed by atoms with Gasteiger partial charge in [-0.25, -0.2) is 0 Å². The van der Waals surface area contributed by atoms with E-state index in [1.54, 1.807) is 48.5 Å². The van der Waals surface area contributed by atoms with E-state index in [1.807, 2.05) is 6.92 Å². The second-order valence-corrected chi connectivity index (χ2v) is 11.3. The van der Waals surface area contributed by atoms with Crippen LogP contribution in [-0.2, 0) is 21.5 Å². The van der Waals surface area contributed by atoms with Gasteiger partial charge < -0.3 is 4.18 Å². The van der Waals surface area contributed by atoms with Gasteiger partial charge in [-0.2, -0.15) is 8.42 Å². The minimum atomic E-state index is -4.11. The summed E-state index contributed by atoms with van der Waals surface area (Å²) in [4.78, 5) is 26.8. The normalized spacial score (nSPS) is 15.3. The largest absolute Gasteiger partial charge is 0.378 e. The third kappa shape index (κ3) is 5.55. The summed E-state index contributed by atoms with van der Waals surface area (Å²) in [5.41, 5.74) is 1.96. The van der Waals surface area contributed by atoms with Gasteiger partial charge in [0, 0.05) is 15.1 Å². The van der Waals surface area contributed by atoms with E-state index in [2.05, 4.69) is 15.9 Å². The smallest absolute Gasteiger partial charge is 0.339 e. The lowest BCUT2D eigenvalue weighted by Crippen LogP contribution is -2.27. The topological polar surface area (TPSA) is 80.8 Å². The van der Waals surface area contributed by atoms with Crippen molar-refractivity contribution < 1.29 is 22.2 Å². The summed E-state index contributed by atoms with van der Waals surface area (Å²) in [6.07, 6.45) is 1.45. The van der Waals surface area contributed by atoms with Crippen molar-refractivity contribution >= 4 is 66.6 Å². The van der Waals surface area contributed by atoms with Crippen molar-refractivity contribution in [1.29, 1.82) is 0 Å². The molecule has 1 fully saturated rings. The van der Waals surface area contributed by atoms with Gasteiger partial charge >= 0.3 is 10.1 Å². The average molecular weight is 579 g/mol. The van der Waals surface area contributed by atoms with Gasteiger partial charge in [0.15, 0.2) is 0 Å². The molecule has 1 aliphatic heterocycles. The van der Waals surface area contributed by atoms with Gasteiger partial charge in [-0.05, 0) is 72.8 Å². The molecule has 3 aromatic rings. The van der Waals surface area contributed by atoms with E-state index in [0.717, 1.165) is 22.2 Å². The van der Waals surface area contributed by atoms with Crippen molar-refractivity contribution in [3.8, 4) is 5.75 Å². The SMILES string of the molecule is Cc1ccc(S(=O)(=O)Oc2ccc(Br)cc2/C=C2\SC(=O)N(Cc3cccc(Cl)c3)C2=O)cc1. The van der Waals surface area contributed by atoms with E-state index >= 15 is 0 Å². The lowest BCUT2D eigenvalue weighted by atomic mass is 10.2. The van der Waals surface area contributed by atoms with Crippen molar-refractivity contribution in [3.05, 3.63) is 97.8 Å². The number of amides is 2. The van der Waals surface area contributed by atoms with Crippen LogP contribution in [0, 0.1) is 6.92 Å². The molecule has 0 aliphatic carbocycles. The Bertz CT molecular complexity index is 1420. The summed E-state index contributed by atoms with van der Waals surface area (Å²) in [7, 11) is -4.11. The molecule has 1 aliphatic rings. The van der Waals surface area contributed by atoms with E-state index in [1.165, 1.54) is 24.3 Å². The molecule has 0 atom stereocenters. The van der Waals surface area contributed by atoms with Crippen LogP contribution in [0.5, 0.6) is 5.75 Å². The minimum Gasteiger partial charge on any atom is -0.378 e. The quantitative estimate of drug-likeness (QED) is 0.248. The number of nitrogens with zero attached hydrogens (tertiary/aromatic N) is 1. The molecular formula is C24H17BrClNO5S2. The van der Waals surface area contributed by atoms with E-state index in [4.69, 9.17) is 15.8 Å². The molecule has 4 rings (SSSR count). The maximum Gasteiger partial charge on any atom is 0.339 e. The van der Waals surface area contributed by atoms with Gasteiger partial charge in [-0.3, -0.25) is 14.5 Å². The van der Waals surface area contributed by atoms with E-state index in [9.17, 15) is 18.0 Å². The Kier molecular flexibility index (Phi) is 7.18. The lowest BCUT2D eigenvalue weighted by Gasteiger charge is -2.13. The standard InChI is InChI=1S/C24H17BrClNO5S2/c1-15-5-8-20(9-6-15)34(30,31)32-21-10-7-18(25)12-17(21)13-22-23(28)27(24(29)33-22)14-16-3-2-4-19(26)11-16/h2-13H,14H2,1H3/b22-13-. The maximum absolute atomic E-state index is 13.0. The highest BCUT2D eigenvalue weighted by atomic mass is 79.9. The van der Waals surface area contributed by atoms with Gasteiger partial charge in [0.2, 0.25) is 0 Å². The molecule has 1 heterocycles. The molecule has 174 valence electrons. The first-order chi connectivity index (χ1) is 16.1. The van der Waals surface area contributed by atoms with Gasteiger partial charge in [-0.15, -0.1) is 0 Å². The number of hydrogen-bond acceptors (Lipinski definition) is 6. The molecule has 6 nitrogen and oxygen atoms in total. The Morgan fingerprint density at radius 1 is 1.06 bits per heavy atom. The fourth-order valence-electron chi connectivity index (χ4n) is 3.17. The summed E-state index contributed by atoms with van der Waals surface area (Å²) < 4.78 is 31.6. The highest BCUT2D eigenvalue weighted by molar-refractivity contribution is 9.10. The molecule has 0 radical (unpaired) electrons. The van der Waals surface area contributed by atoms with Crippen LogP contribution in [0.1, 0.15) is 16.7 Å². The van der Waals surface area contributed by atoms with Crippen LogP contribution < -0.4 is 4.18 Å². The van der Waals surface area contributed by atoms with Crippen LogP contribution in [0.4, 0.5) is 4.79 Å². The van der Waals surface area contributed by atoms with Crippen molar-refractivity contribution in [2.45, 2.75) is 18.4 Å². The summed E-state index contributed by atoms with van der Waals surface area (Å²) in [5.74, 6) is -0.451. The summed E-state index contributed by atoms with van der Waals surface area (Å²) in [5, 5.41) is 0.0756. The highest BCUT2D eigenvalue weighted by Crippen LogP contribution is 2.36. The first kappa shape index (κ1) is 24.5. The van der Waals surface area contributed by atoms with E-state index < -0.39 is 21.3 Å². The van der Waals surface area contributed by atoms with Crippen LogP contribution >= 0.6 is 39.3 Å². The van der Waals surface area contributed by atoms with Gasteiger partial charge in [-0.1, -0.05) is 57.4 Å². The van der Waals surface area contributed by atoms with Crippen LogP contribution in [0.3, 0.4) is 0 Å². The van der Waals surface area contributed by atoms with E-state index in [-0.39, 0.29) is 22.1 Å². The Hall–Kier alpha value is -2.59. The third-order valence-corrected chi connectivity index (χ3v) is 7.76. The number of benzene rings is 3. The number of halogens is 2. The van der Waals surface area contributed by atoms with Crippen molar-refractivity contribution in [2.75, 3.05) is 0 Å². The molecule has 34 heavy (non-hydrogen) atoms. The zero-order chi connectivity index (χ0) is 24.5. The molecule has 10 heteroatoms. The minimum absolute atomic E-state index is 0.00816. The number of hydrogen-bond donors (Lipinski definition) is 0. The Balaban J connectivity index is 1.63. The van der Waals surface area contributed by atoms with Gasteiger partial charge in [0.05, 0.1) is 11.4 Å². The first-order valence-corrected chi connectivity index (χ1v) is 13.3.